The number of carbonyl (C=O) groups is 1. The molecule has 0 radical (unpaired) electrons. The molecule has 0 saturated carbocycles. The maximum absolute atomic E-state index is 13.0. The summed E-state index contributed by atoms with van der Waals surface area (Å²) in [5, 5.41) is 2.95. The average Bonchev–Trinajstić information content (AvgIpc) is 2.68. The van der Waals surface area contributed by atoms with Crippen molar-refractivity contribution < 1.29 is 22.7 Å². The van der Waals surface area contributed by atoms with Gasteiger partial charge >= 0.3 is 6.18 Å². The van der Waals surface area contributed by atoms with Gasteiger partial charge in [-0.1, -0.05) is 18.2 Å². The van der Waals surface area contributed by atoms with E-state index in [0.717, 1.165) is 6.07 Å². The molecule has 1 aliphatic heterocycles. The van der Waals surface area contributed by atoms with E-state index in [1.165, 1.54) is 6.92 Å². The van der Waals surface area contributed by atoms with Crippen LogP contribution in [0.5, 0.6) is 5.75 Å². The molecule has 1 aromatic heterocycles. The molecule has 29 heavy (non-hydrogen) atoms. The molecule has 9 heteroatoms. The van der Waals surface area contributed by atoms with E-state index >= 15 is 0 Å². The number of rotatable bonds is 5. The van der Waals surface area contributed by atoms with Gasteiger partial charge in [-0.15, -0.1) is 0 Å². The molecular formula is C20H23F3N4O2. The lowest BCUT2D eigenvalue weighted by molar-refractivity contribution is -0.141. The minimum Gasteiger partial charge on any atom is -0.481 e. The molecular weight excluding hydrogens is 385 g/mol. The van der Waals surface area contributed by atoms with Crippen LogP contribution < -0.4 is 15.0 Å². The van der Waals surface area contributed by atoms with Gasteiger partial charge in [0.05, 0.1) is 0 Å². The third-order valence-corrected chi connectivity index (χ3v) is 4.71. The third kappa shape index (κ3) is 5.58. The highest BCUT2D eigenvalue weighted by molar-refractivity contribution is 5.81. The van der Waals surface area contributed by atoms with Crippen LogP contribution in [0.1, 0.15) is 31.3 Å². The first-order valence-corrected chi connectivity index (χ1v) is 9.42. The predicted octanol–water partition coefficient (Wildman–Crippen LogP) is 3.36. The molecule has 0 spiro atoms. The molecule has 1 unspecified atom stereocenters. The summed E-state index contributed by atoms with van der Waals surface area (Å²) in [5.74, 6) is 0.738. The monoisotopic (exact) mass is 408 g/mol. The zero-order valence-electron chi connectivity index (χ0n) is 16.2. The Bertz CT molecular complexity index is 837. The van der Waals surface area contributed by atoms with E-state index in [1.54, 1.807) is 24.0 Å². The van der Waals surface area contributed by atoms with E-state index in [9.17, 15) is 18.0 Å². The Morgan fingerprint density at radius 1 is 1.21 bits per heavy atom. The molecule has 1 N–H and O–H groups in total. The summed E-state index contributed by atoms with van der Waals surface area (Å²) in [6.45, 7) is 4.11. The second kappa shape index (κ2) is 8.67. The fourth-order valence-electron chi connectivity index (χ4n) is 3.19. The zero-order chi connectivity index (χ0) is 21.0. The van der Waals surface area contributed by atoms with Gasteiger partial charge in [0.15, 0.2) is 6.10 Å². The van der Waals surface area contributed by atoms with Gasteiger partial charge < -0.3 is 15.0 Å². The van der Waals surface area contributed by atoms with E-state index in [0.29, 0.717) is 31.7 Å². The number of nitrogens with zero attached hydrogens (tertiary/aromatic N) is 3. The molecule has 1 aliphatic rings. The van der Waals surface area contributed by atoms with Crippen molar-refractivity contribution in [3.8, 4) is 5.75 Å². The average molecular weight is 408 g/mol. The fourth-order valence-corrected chi connectivity index (χ4v) is 3.19. The van der Waals surface area contributed by atoms with Crippen LogP contribution in [0.2, 0.25) is 0 Å². The number of hydrogen-bond acceptors (Lipinski definition) is 5. The van der Waals surface area contributed by atoms with Gasteiger partial charge in [-0.05, 0) is 38.8 Å². The lowest BCUT2D eigenvalue weighted by atomic mass is 10.0. The van der Waals surface area contributed by atoms with Crippen LogP contribution in [-0.2, 0) is 11.0 Å². The van der Waals surface area contributed by atoms with Gasteiger partial charge in [-0.25, -0.2) is 9.97 Å². The molecule has 0 bridgehead atoms. The minimum absolute atomic E-state index is 0.0643. The molecule has 1 saturated heterocycles. The third-order valence-electron chi connectivity index (χ3n) is 4.71. The maximum atomic E-state index is 13.0. The largest absolute Gasteiger partial charge is 0.481 e. The quantitative estimate of drug-likeness (QED) is 0.822. The van der Waals surface area contributed by atoms with Gasteiger partial charge in [0.25, 0.3) is 5.91 Å². The minimum atomic E-state index is -4.51. The highest BCUT2D eigenvalue weighted by atomic mass is 19.4. The van der Waals surface area contributed by atoms with Crippen molar-refractivity contribution in [1.82, 2.24) is 15.3 Å². The van der Waals surface area contributed by atoms with E-state index in [4.69, 9.17) is 4.74 Å². The molecule has 3 rings (SSSR count). The van der Waals surface area contributed by atoms with Crippen LogP contribution in [-0.4, -0.2) is 41.1 Å². The zero-order valence-corrected chi connectivity index (χ0v) is 16.2. The molecule has 2 aromatic rings. The number of hydrogen-bond donors (Lipinski definition) is 1. The van der Waals surface area contributed by atoms with Crippen molar-refractivity contribution in [3.63, 3.8) is 0 Å². The van der Waals surface area contributed by atoms with Crippen molar-refractivity contribution >= 4 is 11.7 Å². The number of benzene rings is 1. The van der Waals surface area contributed by atoms with Crippen LogP contribution in [0.25, 0.3) is 0 Å². The molecule has 1 atom stereocenters. The Hall–Kier alpha value is -2.84. The second-order valence-electron chi connectivity index (χ2n) is 7.00. The number of anilines is 1. The SMILES string of the molecule is Cc1nc(N2CCC(NC(=O)C(C)Oc3ccccc3)CC2)cc(C(F)(F)F)n1. The summed E-state index contributed by atoms with van der Waals surface area (Å²) >= 11 is 0. The number of ether oxygens (including phenoxy) is 1. The lowest BCUT2D eigenvalue weighted by Crippen LogP contribution is -2.48. The van der Waals surface area contributed by atoms with Crippen LogP contribution in [0.3, 0.4) is 0 Å². The van der Waals surface area contributed by atoms with Crippen LogP contribution in [0.15, 0.2) is 36.4 Å². The number of nitrogens with one attached hydrogen (secondary N) is 1. The number of piperidine rings is 1. The molecule has 1 aromatic carbocycles. The predicted molar refractivity (Wildman–Crippen MR) is 102 cm³/mol. The topological polar surface area (TPSA) is 67.4 Å². The standard InChI is InChI=1S/C20H23F3N4O2/c1-13(29-16-6-4-3-5-7-16)19(28)26-15-8-10-27(11-9-15)18-12-17(20(21,22)23)24-14(2)25-18/h3-7,12-13,15H,8-11H2,1-2H3,(H,26,28). The number of para-hydroxylation sites is 1. The van der Waals surface area contributed by atoms with Gasteiger partial charge in [-0.3, -0.25) is 4.79 Å². The molecule has 1 fully saturated rings. The van der Waals surface area contributed by atoms with Crippen molar-refractivity contribution in [2.45, 2.75) is 45.0 Å². The summed E-state index contributed by atoms with van der Waals surface area (Å²) in [7, 11) is 0. The molecule has 156 valence electrons. The lowest BCUT2D eigenvalue weighted by Gasteiger charge is -2.33. The van der Waals surface area contributed by atoms with Crippen molar-refractivity contribution in [2.75, 3.05) is 18.0 Å². The molecule has 2 heterocycles. The number of carbonyl (C=O) groups excluding carboxylic acids is 1. The van der Waals surface area contributed by atoms with Gasteiger partial charge in [0, 0.05) is 25.2 Å². The summed E-state index contributed by atoms with van der Waals surface area (Å²) in [4.78, 5) is 21.8. The molecule has 0 aliphatic carbocycles. The Labute approximate surface area is 167 Å². The summed E-state index contributed by atoms with van der Waals surface area (Å²) in [6.07, 6.45) is -3.94. The first-order valence-electron chi connectivity index (χ1n) is 9.42. The first-order chi connectivity index (χ1) is 13.7. The van der Waals surface area contributed by atoms with Gasteiger partial charge in [0.1, 0.15) is 23.1 Å². The number of amides is 1. The first kappa shape index (κ1) is 20.9. The number of alkyl halides is 3. The normalized spacial score (nSPS) is 16.4. The van der Waals surface area contributed by atoms with E-state index in [2.05, 4.69) is 15.3 Å². The van der Waals surface area contributed by atoms with Gasteiger partial charge in [-0.2, -0.15) is 13.2 Å². The Morgan fingerprint density at radius 3 is 2.48 bits per heavy atom. The summed E-state index contributed by atoms with van der Waals surface area (Å²) in [5.41, 5.74) is -0.942. The maximum Gasteiger partial charge on any atom is 0.433 e. The van der Waals surface area contributed by atoms with Crippen LogP contribution in [0, 0.1) is 6.92 Å². The smallest absolute Gasteiger partial charge is 0.433 e. The number of aryl methyl sites for hydroxylation is 1. The molecule has 1 amide bonds. The van der Waals surface area contributed by atoms with Crippen molar-refractivity contribution in [1.29, 1.82) is 0 Å². The van der Waals surface area contributed by atoms with E-state index in [-0.39, 0.29) is 23.6 Å². The second-order valence-corrected chi connectivity index (χ2v) is 7.00. The summed E-state index contributed by atoms with van der Waals surface area (Å²) in [6, 6.07) is 9.99. The Balaban J connectivity index is 1.54. The fraction of sp³-hybridized carbons (Fsp3) is 0.450. The molecule has 6 nitrogen and oxygen atoms in total. The van der Waals surface area contributed by atoms with Gasteiger partial charge in [0.2, 0.25) is 0 Å². The highest BCUT2D eigenvalue weighted by Crippen LogP contribution is 2.30. The van der Waals surface area contributed by atoms with E-state index in [1.807, 2.05) is 18.2 Å². The summed E-state index contributed by atoms with van der Waals surface area (Å²) < 4.78 is 44.6. The van der Waals surface area contributed by atoms with Crippen molar-refractivity contribution in [2.24, 2.45) is 0 Å². The Kier molecular flexibility index (Phi) is 6.24. The van der Waals surface area contributed by atoms with Crippen LogP contribution >= 0.6 is 0 Å². The Morgan fingerprint density at radius 2 is 1.86 bits per heavy atom. The number of aromatic nitrogens is 2. The number of halogens is 3. The van der Waals surface area contributed by atoms with E-state index < -0.39 is 18.0 Å². The highest BCUT2D eigenvalue weighted by Gasteiger charge is 2.34. The van der Waals surface area contributed by atoms with Crippen molar-refractivity contribution in [3.05, 3.63) is 47.9 Å². The van der Waals surface area contributed by atoms with Crippen LogP contribution in [0.4, 0.5) is 19.0 Å².